The molecule has 1 spiro atoms. The van der Waals surface area contributed by atoms with Crippen molar-refractivity contribution in [1.82, 2.24) is 20.0 Å². The minimum atomic E-state index is 0.100. The molecule has 7 rings (SSSR count). The van der Waals surface area contributed by atoms with E-state index in [1.54, 1.807) is 5.56 Å². The van der Waals surface area contributed by atoms with Gasteiger partial charge in [0, 0.05) is 48.6 Å². The molecule has 218 valence electrons. The van der Waals surface area contributed by atoms with E-state index in [9.17, 15) is 4.79 Å². The van der Waals surface area contributed by atoms with Crippen molar-refractivity contribution in [3.63, 3.8) is 0 Å². The third-order valence-electron chi connectivity index (χ3n) is 10.4. The summed E-state index contributed by atoms with van der Waals surface area (Å²) in [6.07, 6.45) is 11.4. The predicted molar refractivity (Wildman–Crippen MR) is 169 cm³/mol. The quantitative estimate of drug-likeness (QED) is 0.437. The summed E-state index contributed by atoms with van der Waals surface area (Å²) in [5.41, 5.74) is 7.62. The Morgan fingerprint density at radius 2 is 1.64 bits per heavy atom. The number of likely N-dealkylation sites (tertiary alicyclic amines) is 1. The van der Waals surface area contributed by atoms with Crippen LogP contribution in [-0.2, 0) is 18.3 Å². The molecule has 42 heavy (non-hydrogen) atoms. The summed E-state index contributed by atoms with van der Waals surface area (Å²) < 4.78 is 0. The molecule has 5 heteroatoms. The molecule has 0 aliphatic carbocycles. The maximum Gasteiger partial charge on any atom is 0.254 e. The standard InChI is InChI=1S/C37H44N4O/c1-27-22-28(2)24-31(23-27)35(42)40-19-13-32(26-33(40)25-29-8-4-3-5-9-29)41-21-20-39-18-12-30-10-6-7-11-34(30)37(36(39)41)14-16-38-17-15-37/h3-11,20-24,32-33,36,38H,12-19,25-26H2,1-2H3/t32-,33+,36?/m1/s1. The molecule has 5 nitrogen and oxygen atoms in total. The normalized spacial score (nSPS) is 24.8. The van der Waals surface area contributed by atoms with E-state index in [2.05, 4.69) is 119 Å². The Morgan fingerprint density at radius 1 is 0.905 bits per heavy atom. The van der Waals surface area contributed by atoms with Gasteiger partial charge in [-0.05, 0) is 94.3 Å². The molecule has 3 atom stereocenters. The van der Waals surface area contributed by atoms with Crippen LogP contribution in [0.15, 0.2) is 85.2 Å². The van der Waals surface area contributed by atoms with E-state index in [0.29, 0.717) is 12.2 Å². The first-order valence-corrected chi connectivity index (χ1v) is 16.0. The zero-order valence-corrected chi connectivity index (χ0v) is 25.1. The Bertz CT molecular complexity index is 1440. The summed E-state index contributed by atoms with van der Waals surface area (Å²) in [4.78, 5) is 21.6. The minimum Gasteiger partial charge on any atom is -0.355 e. The lowest BCUT2D eigenvalue weighted by atomic mass is 9.68. The highest BCUT2D eigenvalue weighted by atomic mass is 16.2. The average molecular weight is 561 g/mol. The number of hydrogen-bond donors (Lipinski definition) is 1. The van der Waals surface area contributed by atoms with E-state index in [4.69, 9.17) is 0 Å². The number of aryl methyl sites for hydroxylation is 2. The fourth-order valence-electron chi connectivity index (χ4n) is 8.54. The topological polar surface area (TPSA) is 38.8 Å². The SMILES string of the molecule is Cc1cc(C)cc(C(=O)N2CC[C@@H](N3C=CN4CCc5ccccc5C5(CCNCC5)C43)C[C@@H]2Cc2ccccc2)c1. The number of piperidine rings is 2. The van der Waals surface area contributed by atoms with Crippen LogP contribution in [0.2, 0.25) is 0 Å². The highest BCUT2D eigenvalue weighted by Crippen LogP contribution is 2.47. The van der Waals surface area contributed by atoms with Crippen molar-refractivity contribution < 1.29 is 4.79 Å². The maximum atomic E-state index is 14.1. The van der Waals surface area contributed by atoms with E-state index in [1.165, 1.54) is 11.1 Å². The summed E-state index contributed by atoms with van der Waals surface area (Å²) >= 11 is 0. The number of fused-ring (bicyclic) bond motifs is 4. The maximum absolute atomic E-state index is 14.1. The average Bonchev–Trinajstić information content (AvgIpc) is 3.40. The molecule has 4 aliphatic rings. The molecule has 2 fully saturated rings. The second kappa shape index (κ2) is 11.3. The molecule has 0 saturated carbocycles. The molecule has 4 heterocycles. The summed E-state index contributed by atoms with van der Waals surface area (Å²) in [5, 5.41) is 3.66. The molecule has 0 radical (unpaired) electrons. The Balaban J connectivity index is 1.21. The van der Waals surface area contributed by atoms with Crippen LogP contribution in [0.3, 0.4) is 0 Å². The van der Waals surface area contributed by atoms with Crippen LogP contribution in [-0.4, -0.2) is 65.0 Å². The van der Waals surface area contributed by atoms with Gasteiger partial charge in [-0.15, -0.1) is 0 Å². The van der Waals surface area contributed by atoms with Gasteiger partial charge in [-0.3, -0.25) is 4.79 Å². The lowest BCUT2D eigenvalue weighted by Gasteiger charge is -2.52. The van der Waals surface area contributed by atoms with Gasteiger partial charge < -0.3 is 20.0 Å². The van der Waals surface area contributed by atoms with E-state index in [-0.39, 0.29) is 17.4 Å². The van der Waals surface area contributed by atoms with E-state index < -0.39 is 0 Å². The third-order valence-corrected chi connectivity index (χ3v) is 10.4. The van der Waals surface area contributed by atoms with E-state index >= 15 is 0 Å². The number of hydrogen-bond acceptors (Lipinski definition) is 4. The lowest BCUT2D eigenvalue weighted by Crippen LogP contribution is -2.61. The van der Waals surface area contributed by atoms with Crippen LogP contribution in [0, 0.1) is 13.8 Å². The Labute approximate surface area is 251 Å². The summed E-state index contributed by atoms with van der Waals surface area (Å²) in [5.74, 6) is 0.179. The zero-order chi connectivity index (χ0) is 28.7. The third kappa shape index (κ3) is 4.92. The number of benzene rings is 3. The molecule has 2 saturated heterocycles. The summed E-state index contributed by atoms with van der Waals surface area (Å²) in [7, 11) is 0. The Hall–Kier alpha value is -3.57. The van der Waals surface area contributed by atoms with Crippen molar-refractivity contribution in [2.45, 2.75) is 76.0 Å². The molecule has 0 aromatic heterocycles. The first-order chi connectivity index (χ1) is 20.5. The zero-order valence-electron chi connectivity index (χ0n) is 25.1. The van der Waals surface area contributed by atoms with E-state index in [1.807, 2.05) is 0 Å². The van der Waals surface area contributed by atoms with Gasteiger partial charge in [0.05, 0.1) is 0 Å². The smallest absolute Gasteiger partial charge is 0.254 e. The predicted octanol–water partition coefficient (Wildman–Crippen LogP) is 5.81. The largest absolute Gasteiger partial charge is 0.355 e. The number of nitrogens with zero attached hydrogens (tertiary/aromatic N) is 3. The first kappa shape index (κ1) is 27.3. The fourth-order valence-corrected chi connectivity index (χ4v) is 8.54. The van der Waals surface area contributed by atoms with Crippen LogP contribution in [0.5, 0.6) is 0 Å². The van der Waals surface area contributed by atoms with Gasteiger partial charge in [-0.1, -0.05) is 71.8 Å². The van der Waals surface area contributed by atoms with Crippen molar-refractivity contribution >= 4 is 5.91 Å². The number of amides is 1. The fraction of sp³-hybridized carbons (Fsp3) is 0.432. The van der Waals surface area contributed by atoms with Crippen molar-refractivity contribution in [3.8, 4) is 0 Å². The van der Waals surface area contributed by atoms with Gasteiger partial charge >= 0.3 is 0 Å². The number of rotatable bonds is 4. The van der Waals surface area contributed by atoms with Gasteiger partial charge in [0.25, 0.3) is 5.91 Å². The van der Waals surface area contributed by atoms with Crippen molar-refractivity contribution in [1.29, 1.82) is 0 Å². The lowest BCUT2D eigenvalue weighted by molar-refractivity contribution is -0.000333. The monoisotopic (exact) mass is 560 g/mol. The van der Waals surface area contributed by atoms with Crippen LogP contribution in [0.1, 0.15) is 63.9 Å². The molecular formula is C37H44N4O. The van der Waals surface area contributed by atoms with Gasteiger partial charge in [-0.25, -0.2) is 0 Å². The Morgan fingerprint density at radius 3 is 2.43 bits per heavy atom. The van der Waals surface area contributed by atoms with E-state index in [0.717, 1.165) is 81.4 Å². The summed E-state index contributed by atoms with van der Waals surface area (Å²) in [6.45, 7) is 8.14. The molecule has 3 aromatic rings. The van der Waals surface area contributed by atoms with Crippen molar-refractivity contribution in [2.24, 2.45) is 0 Å². The van der Waals surface area contributed by atoms with Crippen LogP contribution in [0.25, 0.3) is 0 Å². The number of nitrogens with one attached hydrogen (secondary N) is 1. The molecule has 4 aliphatic heterocycles. The molecule has 1 N–H and O–H groups in total. The van der Waals surface area contributed by atoms with Gasteiger partial charge in [0.2, 0.25) is 0 Å². The molecule has 1 amide bonds. The van der Waals surface area contributed by atoms with Gasteiger partial charge in [-0.2, -0.15) is 0 Å². The van der Waals surface area contributed by atoms with Crippen LogP contribution >= 0.6 is 0 Å². The highest BCUT2D eigenvalue weighted by molar-refractivity contribution is 5.95. The molecule has 0 bridgehead atoms. The first-order valence-electron chi connectivity index (χ1n) is 16.0. The second-order valence-corrected chi connectivity index (χ2v) is 13.1. The molecule has 1 unspecified atom stereocenters. The number of carbonyl (C=O) groups excluding carboxylic acids is 1. The van der Waals surface area contributed by atoms with Crippen LogP contribution in [0.4, 0.5) is 0 Å². The van der Waals surface area contributed by atoms with Gasteiger partial charge in [0.1, 0.15) is 6.17 Å². The number of carbonyl (C=O) groups is 1. The van der Waals surface area contributed by atoms with Crippen molar-refractivity contribution in [3.05, 3.63) is 119 Å². The Kier molecular flexibility index (Phi) is 7.31. The minimum absolute atomic E-state index is 0.100. The molecular weight excluding hydrogens is 516 g/mol. The second-order valence-electron chi connectivity index (χ2n) is 13.1. The van der Waals surface area contributed by atoms with Gasteiger partial charge in [0.15, 0.2) is 0 Å². The van der Waals surface area contributed by atoms with Crippen LogP contribution < -0.4 is 5.32 Å². The summed E-state index contributed by atoms with van der Waals surface area (Å²) in [6, 6.07) is 26.8. The highest BCUT2D eigenvalue weighted by Gasteiger charge is 2.52. The van der Waals surface area contributed by atoms with Crippen molar-refractivity contribution in [2.75, 3.05) is 26.2 Å². The molecule has 3 aromatic carbocycles.